The molecule has 120 valence electrons. The van der Waals surface area contributed by atoms with Crippen molar-refractivity contribution in [2.45, 2.75) is 30.2 Å². The zero-order chi connectivity index (χ0) is 16.3. The molecule has 1 saturated heterocycles. The molecule has 0 aromatic heterocycles. The van der Waals surface area contributed by atoms with Gasteiger partial charge in [-0.25, -0.2) is 8.42 Å². The Morgan fingerprint density at radius 2 is 2.05 bits per heavy atom. The smallest absolute Gasteiger partial charge is 0.289 e. The molecule has 1 aliphatic heterocycles. The summed E-state index contributed by atoms with van der Waals surface area (Å²) in [4.78, 5) is 21.9. The lowest BCUT2D eigenvalue weighted by atomic mass is 10.0. The van der Waals surface area contributed by atoms with E-state index in [-0.39, 0.29) is 11.4 Å². The number of carbonyl (C=O) groups excluding carboxylic acids is 1. The van der Waals surface area contributed by atoms with Gasteiger partial charge < -0.3 is 5.32 Å². The van der Waals surface area contributed by atoms with Gasteiger partial charge in [-0.1, -0.05) is 18.6 Å². The van der Waals surface area contributed by atoms with Crippen LogP contribution in [0.3, 0.4) is 0 Å². The summed E-state index contributed by atoms with van der Waals surface area (Å²) >= 11 is 0. The van der Waals surface area contributed by atoms with Crippen molar-refractivity contribution in [2.24, 2.45) is 0 Å². The molecular formula is C13H17N3O5S. The van der Waals surface area contributed by atoms with Crippen molar-refractivity contribution in [2.75, 3.05) is 13.6 Å². The number of amides is 1. The topological polar surface area (TPSA) is 110 Å². The molecule has 1 aromatic carbocycles. The Morgan fingerprint density at radius 1 is 1.36 bits per heavy atom. The van der Waals surface area contributed by atoms with Crippen LogP contribution < -0.4 is 5.32 Å². The van der Waals surface area contributed by atoms with Crippen LogP contribution in [0.4, 0.5) is 5.69 Å². The van der Waals surface area contributed by atoms with Crippen LogP contribution >= 0.6 is 0 Å². The fraction of sp³-hybridized carbons (Fsp3) is 0.462. The molecule has 9 heteroatoms. The van der Waals surface area contributed by atoms with Gasteiger partial charge in [-0.15, -0.1) is 0 Å². The fourth-order valence-electron chi connectivity index (χ4n) is 2.57. The van der Waals surface area contributed by atoms with Crippen LogP contribution in [0, 0.1) is 10.1 Å². The van der Waals surface area contributed by atoms with E-state index >= 15 is 0 Å². The Labute approximate surface area is 128 Å². The van der Waals surface area contributed by atoms with E-state index in [2.05, 4.69) is 5.32 Å². The second kappa shape index (κ2) is 6.41. The van der Waals surface area contributed by atoms with Crippen molar-refractivity contribution in [1.29, 1.82) is 0 Å². The van der Waals surface area contributed by atoms with Crippen molar-refractivity contribution in [1.82, 2.24) is 9.62 Å². The summed E-state index contributed by atoms with van der Waals surface area (Å²) in [5.74, 6) is -0.401. The lowest BCUT2D eigenvalue weighted by Gasteiger charge is -2.33. The summed E-state index contributed by atoms with van der Waals surface area (Å²) in [6.45, 7) is 0.173. The number of nitro benzene ring substituents is 1. The minimum atomic E-state index is -4.11. The van der Waals surface area contributed by atoms with E-state index in [9.17, 15) is 23.3 Å². The molecule has 0 saturated carbocycles. The maximum absolute atomic E-state index is 12.8. The summed E-state index contributed by atoms with van der Waals surface area (Å²) in [5.41, 5.74) is -0.483. The Morgan fingerprint density at radius 3 is 2.68 bits per heavy atom. The second-order valence-corrected chi connectivity index (χ2v) is 6.83. The minimum Gasteiger partial charge on any atom is -0.358 e. The van der Waals surface area contributed by atoms with E-state index in [1.807, 2.05) is 0 Å². The molecule has 1 heterocycles. The van der Waals surface area contributed by atoms with Gasteiger partial charge >= 0.3 is 0 Å². The number of nitrogens with zero attached hydrogens (tertiary/aromatic N) is 2. The van der Waals surface area contributed by atoms with Crippen molar-refractivity contribution in [3.05, 3.63) is 34.4 Å². The van der Waals surface area contributed by atoms with Crippen LogP contribution in [0.15, 0.2) is 29.2 Å². The highest BCUT2D eigenvalue weighted by Crippen LogP contribution is 2.30. The lowest BCUT2D eigenvalue weighted by Crippen LogP contribution is -2.51. The van der Waals surface area contributed by atoms with Gasteiger partial charge in [-0.3, -0.25) is 14.9 Å². The van der Waals surface area contributed by atoms with Crippen molar-refractivity contribution in [3.63, 3.8) is 0 Å². The number of sulfonamides is 1. The quantitative estimate of drug-likeness (QED) is 0.652. The van der Waals surface area contributed by atoms with Crippen LogP contribution in [0.2, 0.25) is 0 Å². The average molecular weight is 327 g/mol. The van der Waals surface area contributed by atoms with Gasteiger partial charge in [0.25, 0.3) is 15.7 Å². The Hall–Kier alpha value is -2.00. The predicted molar refractivity (Wildman–Crippen MR) is 78.7 cm³/mol. The number of carbonyl (C=O) groups is 1. The molecular weight excluding hydrogens is 310 g/mol. The molecule has 1 amide bonds. The van der Waals surface area contributed by atoms with Gasteiger partial charge in [0.15, 0.2) is 4.90 Å². The zero-order valence-corrected chi connectivity index (χ0v) is 12.9. The summed E-state index contributed by atoms with van der Waals surface area (Å²) < 4.78 is 26.6. The number of hydrogen-bond donors (Lipinski definition) is 1. The third-order valence-corrected chi connectivity index (χ3v) is 5.61. The molecule has 0 aliphatic carbocycles. The molecule has 1 fully saturated rings. The monoisotopic (exact) mass is 327 g/mol. The summed E-state index contributed by atoms with van der Waals surface area (Å²) in [7, 11) is -2.67. The molecule has 0 unspecified atom stereocenters. The van der Waals surface area contributed by atoms with Gasteiger partial charge in [0.1, 0.15) is 6.04 Å². The van der Waals surface area contributed by atoms with Gasteiger partial charge in [-0.2, -0.15) is 4.31 Å². The highest BCUT2D eigenvalue weighted by molar-refractivity contribution is 7.89. The second-order valence-electron chi connectivity index (χ2n) is 4.97. The van der Waals surface area contributed by atoms with E-state index < -0.39 is 32.6 Å². The first-order valence-corrected chi connectivity index (χ1v) is 8.30. The average Bonchev–Trinajstić information content (AvgIpc) is 2.54. The zero-order valence-electron chi connectivity index (χ0n) is 12.1. The number of hydrogen-bond acceptors (Lipinski definition) is 5. The summed E-state index contributed by atoms with van der Waals surface area (Å²) in [6.07, 6.45) is 1.76. The number of rotatable bonds is 4. The molecule has 1 atom stereocenters. The number of likely N-dealkylation sites (N-methyl/N-ethyl adjacent to an activating group) is 1. The van der Waals surface area contributed by atoms with E-state index in [4.69, 9.17) is 0 Å². The van der Waals surface area contributed by atoms with E-state index in [0.29, 0.717) is 12.8 Å². The first-order valence-electron chi connectivity index (χ1n) is 6.86. The summed E-state index contributed by atoms with van der Waals surface area (Å²) in [5, 5.41) is 13.5. The highest BCUT2D eigenvalue weighted by Gasteiger charge is 2.39. The molecule has 1 aliphatic rings. The molecule has 22 heavy (non-hydrogen) atoms. The summed E-state index contributed by atoms with van der Waals surface area (Å²) in [6, 6.07) is 4.35. The Kier molecular flexibility index (Phi) is 4.77. The number of benzene rings is 1. The van der Waals surface area contributed by atoms with E-state index in [0.717, 1.165) is 16.8 Å². The minimum absolute atomic E-state index is 0.173. The Balaban J connectivity index is 2.49. The molecule has 8 nitrogen and oxygen atoms in total. The highest BCUT2D eigenvalue weighted by atomic mass is 32.2. The van der Waals surface area contributed by atoms with Crippen LogP contribution in [0.1, 0.15) is 19.3 Å². The molecule has 0 spiro atoms. The van der Waals surface area contributed by atoms with Gasteiger partial charge in [0.2, 0.25) is 5.91 Å². The Bertz CT molecular complexity index is 689. The third kappa shape index (κ3) is 2.95. The standard InChI is InChI=1S/C13H17N3O5S/c1-14-13(17)11-7-4-5-9-15(11)22(20,21)12-8-3-2-6-10(12)16(18)19/h2-3,6,8,11H,4-5,7,9H2,1H3,(H,14,17)/t11-/m0/s1. The van der Waals surface area contributed by atoms with E-state index in [1.54, 1.807) is 0 Å². The number of para-hydroxylation sites is 1. The maximum Gasteiger partial charge on any atom is 0.289 e. The molecule has 0 bridgehead atoms. The SMILES string of the molecule is CNC(=O)[C@@H]1CCCCN1S(=O)(=O)c1ccccc1[N+](=O)[O-]. The van der Waals surface area contributed by atoms with Crippen LogP contribution in [0.5, 0.6) is 0 Å². The normalized spacial score (nSPS) is 19.6. The van der Waals surface area contributed by atoms with Crippen LogP contribution in [-0.2, 0) is 14.8 Å². The molecule has 1 aromatic rings. The van der Waals surface area contributed by atoms with Crippen LogP contribution in [0.25, 0.3) is 0 Å². The third-order valence-electron chi connectivity index (χ3n) is 3.65. The van der Waals surface area contributed by atoms with Gasteiger partial charge in [0.05, 0.1) is 4.92 Å². The number of nitrogens with one attached hydrogen (secondary N) is 1. The largest absolute Gasteiger partial charge is 0.358 e. The molecule has 2 rings (SSSR count). The first kappa shape index (κ1) is 16.4. The molecule has 1 N–H and O–H groups in total. The van der Waals surface area contributed by atoms with Gasteiger partial charge in [-0.05, 0) is 18.9 Å². The van der Waals surface area contributed by atoms with Crippen molar-refractivity contribution < 1.29 is 18.1 Å². The van der Waals surface area contributed by atoms with Crippen molar-refractivity contribution in [3.8, 4) is 0 Å². The van der Waals surface area contributed by atoms with Crippen molar-refractivity contribution >= 4 is 21.6 Å². The lowest BCUT2D eigenvalue weighted by molar-refractivity contribution is -0.387. The van der Waals surface area contributed by atoms with Crippen LogP contribution in [-0.4, -0.2) is 43.2 Å². The first-order chi connectivity index (χ1) is 10.4. The maximum atomic E-state index is 12.8. The number of piperidine rings is 1. The predicted octanol–water partition coefficient (Wildman–Crippen LogP) is 0.884. The van der Waals surface area contributed by atoms with Gasteiger partial charge in [0, 0.05) is 19.7 Å². The fourth-order valence-corrected chi connectivity index (χ4v) is 4.39. The van der Waals surface area contributed by atoms with E-state index in [1.165, 1.54) is 25.2 Å². The molecule has 0 radical (unpaired) electrons. The number of nitro groups is 1.